The van der Waals surface area contributed by atoms with Crippen molar-refractivity contribution in [3.8, 4) is 6.07 Å². The van der Waals surface area contributed by atoms with Crippen LogP contribution in [-0.4, -0.2) is 0 Å². The highest BCUT2D eigenvalue weighted by Gasteiger charge is 2.47. The maximum absolute atomic E-state index is 9.92. The van der Waals surface area contributed by atoms with E-state index in [1.165, 1.54) is 83.5 Å². The summed E-state index contributed by atoms with van der Waals surface area (Å²) in [5.74, 6) is 2.52. The first-order valence-electron chi connectivity index (χ1n) is 10.2. The zero-order valence-electron chi connectivity index (χ0n) is 15.1. The Bertz CT molecular complexity index is 351. The molecule has 0 saturated heterocycles. The van der Waals surface area contributed by atoms with Crippen LogP contribution >= 0.6 is 0 Å². The lowest BCUT2D eigenvalue weighted by Gasteiger charge is -2.48. The molecule has 0 aliphatic heterocycles. The van der Waals surface area contributed by atoms with Gasteiger partial charge in [-0.15, -0.1) is 0 Å². The molecule has 0 aromatic rings. The molecule has 2 rings (SSSR count). The summed E-state index contributed by atoms with van der Waals surface area (Å²) < 4.78 is 0. The van der Waals surface area contributed by atoms with E-state index in [4.69, 9.17) is 0 Å². The minimum absolute atomic E-state index is 0.0402. The van der Waals surface area contributed by atoms with Crippen molar-refractivity contribution in [2.45, 2.75) is 104 Å². The van der Waals surface area contributed by atoms with E-state index in [-0.39, 0.29) is 5.41 Å². The van der Waals surface area contributed by atoms with Crippen LogP contribution in [0.4, 0.5) is 0 Å². The van der Waals surface area contributed by atoms with E-state index in [2.05, 4.69) is 19.9 Å². The highest BCUT2D eigenvalue weighted by atomic mass is 14.5. The molecule has 0 aromatic carbocycles. The van der Waals surface area contributed by atoms with Gasteiger partial charge in [-0.1, -0.05) is 78.1 Å². The van der Waals surface area contributed by atoms with Crippen molar-refractivity contribution in [3.05, 3.63) is 0 Å². The number of nitriles is 1. The first-order chi connectivity index (χ1) is 10.8. The molecule has 2 aliphatic rings. The van der Waals surface area contributed by atoms with E-state index in [9.17, 15) is 5.26 Å². The summed E-state index contributed by atoms with van der Waals surface area (Å²) in [5, 5.41) is 9.92. The van der Waals surface area contributed by atoms with E-state index < -0.39 is 0 Å². The molecule has 22 heavy (non-hydrogen) atoms. The Kier molecular flexibility index (Phi) is 7.26. The molecular weight excluding hydrogens is 266 g/mol. The van der Waals surface area contributed by atoms with Gasteiger partial charge in [0, 0.05) is 0 Å². The predicted molar refractivity (Wildman–Crippen MR) is 94.5 cm³/mol. The van der Waals surface area contributed by atoms with Crippen molar-refractivity contribution in [2.75, 3.05) is 0 Å². The fourth-order valence-electron chi connectivity index (χ4n) is 5.46. The Morgan fingerprint density at radius 2 is 1.82 bits per heavy atom. The second-order valence-corrected chi connectivity index (χ2v) is 8.16. The van der Waals surface area contributed by atoms with Gasteiger partial charge < -0.3 is 0 Å². The third-order valence-electron chi connectivity index (χ3n) is 6.64. The highest BCUT2D eigenvalue weighted by molar-refractivity contribution is 5.08. The minimum atomic E-state index is 0.0402. The van der Waals surface area contributed by atoms with Crippen LogP contribution in [0.15, 0.2) is 0 Å². The van der Waals surface area contributed by atoms with Crippen LogP contribution in [0.2, 0.25) is 0 Å². The first kappa shape index (κ1) is 17.8. The number of hydrogen-bond acceptors (Lipinski definition) is 1. The van der Waals surface area contributed by atoms with Crippen LogP contribution in [-0.2, 0) is 0 Å². The molecule has 4 atom stereocenters. The van der Waals surface area contributed by atoms with Crippen molar-refractivity contribution in [3.63, 3.8) is 0 Å². The smallest absolute Gasteiger partial charge is 0.0692 e. The van der Waals surface area contributed by atoms with Gasteiger partial charge >= 0.3 is 0 Å². The minimum Gasteiger partial charge on any atom is -0.198 e. The molecule has 0 radical (unpaired) electrons. The molecule has 2 saturated carbocycles. The van der Waals surface area contributed by atoms with Crippen LogP contribution in [0.5, 0.6) is 0 Å². The van der Waals surface area contributed by atoms with Gasteiger partial charge in [-0.3, -0.25) is 0 Å². The summed E-state index contributed by atoms with van der Waals surface area (Å²) in [7, 11) is 0. The molecule has 1 unspecified atom stereocenters. The van der Waals surface area contributed by atoms with Gasteiger partial charge in [0.1, 0.15) is 0 Å². The Morgan fingerprint density at radius 3 is 2.55 bits per heavy atom. The van der Waals surface area contributed by atoms with Crippen molar-refractivity contribution in [2.24, 2.45) is 23.2 Å². The van der Waals surface area contributed by atoms with Crippen LogP contribution in [0, 0.1) is 34.5 Å². The van der Waals surface area contributed by atoms with E-state index >= 15 is 0 Å². The fraction of sp³-hybridized carbons (Fsp3) is 0.952. The summed E-state index contributed by atoms with van der Waals surface area (Å²) in [4.78, 5) is 0. The SMILES string of the molecule is CCCCCCC[C@H]1CC[C@H]2CCCC(C#N)(CCC)[C@H]2C1. The number of hydrogen-bond donors (Lipinski definition) is 0. The molecule has 1 nitrogen and oxygen atoms in total. The van der Waals surface area contributed by atoms with Gasteiger partial charge in [0.25, 0.3) is 0 Å². The van der Waals surface area contributed by atoms with E-state index in [0.29, 0.717) is 0 Å². The van der Waals surface area contributed by atoms with Crippen molar-refractivity contribution in [1.82, 2.24) is 0 Å². The normalized spacial score (nSPS) is 34.9. The maximum atomic E-state index is 9.92. The van der Waals surface area contributed by atoms with Gasteiger partial charge in [0.05, 0.1) is 11.5 Å². The topological polar surface area (TPSA) is 23.8 Å². The van der Waals surface area contributed by atoms with Crippen LogP contribution < -0.4 is 0 Å². The third kappa shape index (κ3) is 4.27. The van der Waals surface area contributed by atoms with Crippen LogP contribution in [0.25, 0.3) is 0 Å². The number of rotatable bonds is 8. The standard InChI is InChI=1S/C21H37N/c1-3-5-6-7-8-10-18-12-13-19-11-9-15-21(17-22,14-4-2)20(19)16-18/h18-20H,3-16H2,1-2H3/t18-,19+,20-,21?/m0/s1. The molecule has 0 N–H and O–H groups in total. The van der Waals surface area contributed by atoms with Gasteiger partial charge in [-0.2, -0.15) is 5.26 Å². The number of fused-ring (bicyclic) bond motifs is 1. The van der Waals surface area contributed by atoms with Gasteiger partial charge in [-0.25, -0.2) is 0 Å². The Morgan fingerprint density at radius 1 is 1.00 bits per heavy atom. The van der Waals surface area contributed by atoms with E-state index in [1.807, 2.05) is 0 Å². The average molecular weight is 304 g/mol. The molecule has 0 heterocycles. The quantitative estimate of drug-likeness (QED) is 0.449. The fourth-order valence-corrected chi connectivity index (χ4v) is 5.46. The first-order valence-corrected chi connectivity index (χ1v) is 10.2. The van der Waals surface area contributed by atoms with E-state index in [0.717, 1.165) is 24.2 Å². The molecule has 0 bridgehead atoms. The lowest BCUT2D eigenvalue weighted by Crippen LogP contribution is -2.42. The van der Waals surface area contributed by atoms with E-state index in [1.54, 1.807) is 0 Å². The summed E-state index contributed by atoms with van der Waals surface area (Å²) >= 11 is 0. The lowest BCUT2D eigenvalue weighted by atomic mass is 9.54. The summed E-state index contributed by atoms with van der Waals surface area (Å²) in [6.07, 6.45) is 18.9. The molecule has 2 aliphatic carbocycles. The summed E-state index contributed by atoms with van der Waals surface area (Å²) in [6, 6.07) is 2.82. The second kappa shape index (κ2) is 8.95. The number of unbranched alkanes of at least 4 members (excludes halogenated alkanes) is 4. The zero-order valence-corrected chi connectivity index (χ0v) is 15.1. The molecular formula is C21H37N. The maximum Gasteiger partial charge on any atom is 0.0692 e. The molecule has 0 aromatic heterocycles. The Balaban J connectivity index is 1.88. The summed E-state index contributed by atoms with van der Waals surface area (Å²) in [5.41, 5.74) is 0.0402. The monoisotopic (exact) mass is 303 g/mol. The molecule has 0 spiro atoms. The Labute approximate surface area is 138 Å². The van der Waals surface area contributed by atoms with Crippen LogP contribution in [0.3, 0.4) is 0 Å². The van der Waals surface area contributed by atoms with Gasteiger partial charge in [-0.05, 0) is 43.4 Å². The highest BCUT2D eigenvalue weighted by Crippen LogP contribution is 2.54. The second-order valence-electron chi connectivity index (χ2n) is 8.16. The predicted octanol–water partition coefficient (Wildman–Crippen LogP) is 6.87. The summed E-state index contributed by atoms with van der Waals surface area (Å²) in [6.45, 7) is 4.55. The average Bonchev–Trinajstić information content (AvgIpc) is 2.55. The largest absolute Gasteiger partial charge is 0.198 e. The number of nitrogens with zero attached hydrogens (tertiary/aromatic N) is 1. The molecule has 0 amide bonds. The van der Waals surface area contributed by atoms with Gasteiger partial charge in [0.15, 0.2) is 0 Å². The Hall–Kier alpha value is -0.510. The van der Waals surface area contributed by atoms with Gasteiger partial charge in [0.2, 0.25) is 0 Å². The molecule has 1 heteroatoms. The van der Waals surface area contributed by atoms with Crippen LogP contribution in [0.1, 0.15) is 104 Å². The van der Waals surface area contributed by atoms with Crippen molar-refractivity contribution in [1.29, 1.82) is 5.26 Å². The zero-order chi connectivity index (χ0) is 15.8. The molecule has 126 valence electrons. The third-order valence-corrected chi connectivity index (χ3v) is 6.64. The van der Waals surface area contributed by atoms with Crippen molar-refractivity contribution < 1.29 is 0 Å². The van der Waals surface area contributed by atoms with Crippen molar-refractivity contribution >= 4 is 0 Å². The molecule has 2 fully saturated rings. The lowest BCUT2D eigenvalue weighted by molar-refractivity contribution is 0.0225.